The van der Waals surface area contributed by atoms with Gasteiger partial charge in [0.05, 0.1) is 24.8 Å². The van der Waals surface area contributed by atoms with Crippen LogP contribution in [0.3, 0.4) is 0 Å². The molecule has 1 aliphatic carbocycles. The zero-order valence-corrected chi connectivity index (χ0v) is 26.6. The monoisotopic (exact) mass is 657 g/mol. The quantitative estimate of drug-likeness (QED) is 0.229. The molecule has 3 aromatic rings. The number of hydrogen-bond donors (Lipinski definition) is 2. The molecule has 2 N–H and O–H groups in total. The van der Waals surface area contributed by atoms with Gasteiger partial charge < -0.3 is 4.90 Å². The van der Waals surface area contributed by atoms with Crippen LogP contribution in [0.5, 0.6) is 0 Å². The molecule has 9 nitrogen and oxygen atoms in total. The molecule has 0 spiro atoms. The van der Waals surface area contributed by atoms with Crippen molar-refractivity contribution in [2.24, 2.45) is 0 Å². The van der Waals surface area contributed by atoms with Gasteiger partial charge in [0.15, 0.2) is 5.78 Å². The molecule has 5 rings (SSSR count). The lowest BCUT2D eigenvalue weighted by Crippen LogP contribution is -2.59. The maximum Gasteiger partial charge on any atom is 0.255 e. The van der Waals surface area contributed by atoms with E-state index in [2.05, 4.69) is 10.2 Å². The zero-order valence-electron chi connectivity index (χ0n) is 24.3. The summed E-state index contributed by atoms with van der Waals surface area (Å²) in [5.41, 5.74) is 5.11. The average Bonchev–Trinajstić information content (AvgIpc) is 2.97. The van der Waals surface area contributed by atoms with Crippen molar-refractivity contribution in [2.75, 3.05) is 6.26 Å². The van der Waals surface area contributed by atoms with Gasteiger partial charge >= 0.3 is 0 Å². The molecular formula is C32H33Cl2N3O6S. The molecule has 0 saturated heterocycles. The van der Waals surface area contributed by atoms with E-state index in [1.165, 1.54) is 6.92 Å². The van der Waals surface area contributed by atoms with Gasteiger partial charge in [0, 0.05) is 33.3 Å². The molecule has 0 unspecified atom stereocenters. The first kappa shape index (κ1) is 32.1. The number of sulfonamides is 1. The lowest BCUT2D eigenvalue weighted by atomic mass is 9.76. The van der Waals surface area contributed by atoms with Gasteiger partial charge in [-0.05, 0) is 60.7 Å². The fourth-order valence-corrected chi connectivity index (χ4v) is 7.61. The zero-order chi connectivity index (χ0) is 31.6. The Labute approximate surface area is 266 Å². The number of nitrogens with zero attached hydrogens (tertiary/aromatic N) is 1. The third-order valence-corrected chi connectivity index (χ3v) is 9.43. The predicted molar refractivity (Wildman–Crippen MR) is 168 cm³/mol. The highest BCUT2D eigenvalue weighted by Crippen LogP contribution is 2.47. The highest BCUT2D eigenvalue weighted by atomic mass is 35.5. The topological polar surface area (TPSA) is 122 Å². The van der Waals surface area contributed by atoms with E-state index in [0.29, 0.717) is 45.7 Å². The molecule has 0 radical (unpaired) electrons. The van der Waals surface area contributed by atoms with E-state index in [1.807, 2.05) is 0 Å². The second-order valence-electron chi connectivity index (χ2n) is 11.2. The van der Waals surface area contributed by atoms with Crippen LogP contribution in [0.2, 0.25) is 10.0 Å². The number of ketones is 1. The molecule has 2 aliphatic rings. The van der Waals surface area contributed by atoms with Gasteiger partial charge in [0.25, 0.3) is 11.8 Å². The number of hydroxylamine groups is 1. The Balaban J connectivity index is 1.56. The van der Waals surface area contributed by atoms with Crippen LogP contribution >= 0.6 is 23.2 Å². The van der Waals surface area contributed by atoms with E-state index >= 15 is 0 Å². The Morgan fingerprint density at radius 2 is 1.73 bits per heavy atom. The first-order valence-electron chi connectivity index (χ1n) is 14.3. The lowest BCUT2D eigenvalue weighted by Gasteiger charge is -2.49. The number of amides is 2. The summed E-state index contributed by atoms with van der Waals surface area (Å²) in [6, 6.07) is 16.7. The van der Waals surface area contributed by atoms with Crippen molar-refractivity contribution in [1.82, 2.24) is 15.1 Å². The Morgan fingerprint density at radius 1 is 0.977 bits per heavy atom. The summed E-state index contributed by atoms with van der Waals surface area (Å²) >= 11 is 13.0. The summed E-state index contributed by atoms with van der Waals surface area (Å²) in [4.78, 5) is 47.5. The fraction of sp³-hybridized carbons (Fsp3) is 0.344. The number of carbonyl (C=O) groups excluding carboxylic acids is 3. The number of carbonyl (C=O) groups is 3. The second-order valence-corrected chi connectivity index (χ2v) is 13.9. The third-order valence-electron chi connectivity index (χ3n) is 8.14. The van der Waals surface area contributed by atoms with Gasteiger partial charge in [0.1, 0.15) is 0 Å². The third kappa shape index (κ3) is 7.00. The van der Waals surface area contributed by atoms with E-state index < -0.39 is 40.0 Å². The molecule has 44 heavy (non-hydrogen) atoms. The van der Waals surface area contributed by atoms with Crippen LogP contribution in [0, 0.1) is 0 Å². The van der Waals surface area contributed by atoms with Crippen molar-refractivity contribution >= 4 is 50.8 Å². The van der Waals surface area contributed by atoms with Crippen LogP contribution in [0.1, 0.15) is 82.0 Å². The van der Waals surface area contributed by atoms with Gasteiger partial charge in [0.2, 0.25) is 10.0 Å². The van der Waals surface area contributed by atoms with Gasteiger partial charge in [-0.1, -0.05) is 78.5 Å². The highest BCUT2D eigenvalue weighted by molar-refractivity contribution is 7.88. The van der Waals surface area contributed by atoms with Crippen LogP contribution < -0.4 is 10.2 Å². The molecule has 0 bridgehead atoms. The number of nitrogens with one attached hydrogen (secondary N) is 2. The molecule has 1 heterocycles. The van der Waals surface area contributed by atoms with E-state index in [-0.39, 0.29) is 23.3 Å². The standard InChI is InChI=1S/C32H33Cl2N3O6S/c1-19(38)21-9-7-8-20(16-21)18-43-35-31(39)29-23-10-3-4-11-24(23)32(40)37(30(29)25-15-14-22(33)17-26(25)34)28-13-6-5-12-27(28)36-44(2,41)42/h3-4,7-11,14-17,27-30,36H,5-6,12-13,18H2,1-2H3,(H,35,39)/t27-,28-,29+,30-/m1/s1. The van der Waals surface area contributed by atoms with Crippen LogP contribution in [0.25, 0.3) is 0 Å². The SMILES string of the molecule is CC(=O)c1cccc(CONC(=O)[C@H]2c3ccccc3C(=O)N([C@@H]3CCCC[C@H]3NS(C)(=O)=O)[C@@H]2c2ccc(Cl)cc2Cl)c1. The predicted octanol–water partition coefficient (Wildman–Crippen LogP) is 5.59. The first-order chi connectivity index (χ1) is 20.9. The fourth-order valence-electron chi connectivity index (χ4n) is 6.26. The number of halogens is 2. The van der Waals surface area contributed by atoms with Gasteiger partial charge in [-0.25, -0.2) is 18.6 Å². The Morgan fingerprint density at radius 3 is 2.45 bits per heavy atom. The number of fused-ring (bicyclic) bond motifs is 1. The minimum Gasteiger partial charge on any atom is -0.326 e. The Kier molecular flexibility index (Phi) is 9.77. The molecule has 1 fully saturated rings. The largest absolute Gasteiger partial charge is 0.326 e. The van der Waals surface area contributed by atoms with Gasteiger partial charge in [-0.3, -0.25) is 19.2 Å². The summed E-state index contributed by atoms with van der Waals surface area (Å²) in [6.45, 7) is 1.47. The first-order valence-corrected chi connectivity index (χ1v) is 16.9. The van der Waals surface area contributed by atoms with Gasteiger partial charge in [-0.15, -0.1) is 0 Å². The Bertz CT molecular complexity index is 1700. The average molecular weight is 659 g/mol. The van der Waals surface area contributed by atoms with Crippen molar-refractivity contribution in [1.29, 1.82) is 0 Å². The number of Topliss-reactive ketones (excluding diaryl/α,β-unsaturated/α-hetero) is 1. The number of benzene rings is 3. The second kappa shape index (κ2) is 13.4. The molecule has 3 aromatic carbocycles. The minimum absolute atomic E-state index is 0.000776. The van der Waals surface area contributed by atoms with E-state index in [9.17, 15) is 22.8 Å². The molecule has 0 aromatic heterocycles. The van der Waals surface area contributed by atoms with Crippen LogP contribution in [0.4, 0.5) is 0 Å². The molecule has 2 amide bonds. The van der Waals surface area contributed by atoms with Gasteiger partial charge in [-0.2, -0.15) is 0 Å². The van der Waals surface area contributed by atoms with Crippen molar-refractivity contribution in [3.8, 4) is 0 Å². The van der Waals surface area contributed by atoms with E-state index in [4.69, 9.17) is 28.0 Å². The smallest absolute Gasteiger partial charge is 0.255 e. The summed E-state index contributed by atoms with van der Waals surface area (Å²) in [7, 11) is -3.60. The molecule has 4 atom stereocenters. The van der Waals surface area contributed by atoms with E-state index in [0.717, 1.165) is 19.1 Å². The summed E-state index contributed by atoms with van der Waals surface area (Å²) in [5.74, 6) is -1.90. The van der Waals surface area contributed by atoms with Crippen molar-refractivity contribution < 1.29 is 27.6 Å². The van der Waals surface area contributed by atoms with Crippen LogP contribution in [-0.2, 0) is 26.3 Å². The summed E-state index contributed by atoms with van der Waals surface area (Å²) in [5, 5.41) is 0.655. The molecule has 12 heteroatoms. The minimum atomic E-state index is -3.60. The van der Waals surface area contributed by atoms with Crippen molar-refractivity contribution in [3.63, 3.8) is 0 Å². The normalized spacial score (nSPS) is 21.9. The van der Waals surface area contributed by atoms with E-state index in [1.54, 1.807) is 71.6 Å². The van der Waals surface area contributed by atoms with Crippen molar-refractivity contribution in [2.45, 2.75) is 63.3 Å². The summed E-state index contributed by atoms with van der Waals surface area (Å²) < 4.78 is 27.5. The lowest BCUT2D eigenvalue weighted by molar-refractivity contribution is -0.138. The van der Waals surface area contributed by atoms with Crippen LogP contribution in [0.15, 0.2) is 66.7 Å². The molecule has 1 saturated carbocycles. The molecular weight excluding hydrogens is 625 g/mol. The van der Waals surface area contributed by atoms with Crippen molar-refractivity contribution in [3.05, 3.63) is 105 Å². The maximum absolute atomic E-state index is 14.3. The number of hydrogen-bond acceptors (Lipinski definition) is 6. The molecule has 232 valence electrons. The summed E-state index contributed by atoms with van der Waals surface area (Å²) in [6.07, 6.45) is 3.72. The Hall–Kier alpha value is -3.28. The number of rotatable bonds is 9. The van der Waals surface area contributed by atoms with Crippen LogP contribution in [-0.4, -0.2) is 49.3 Å². The molecule has 1 aliphatic heterocycles. The highest BCUT2D eigenvalue weighted by Gasteiger charge is 2.49. The maximum atomic E-state index is 14.3.